The van der Waals surface area contributed by atoms with Crippen molar-refractivity contribution in [3.8, 4) is 5.69 Å². The molecule has 5 heteroatoms. The molecule has 3 heterocycles. The largest absolute Gasteiger partial charge is 0.331 e. The standard InChI is InChI=1S/C19H19N3OS/c1-2-17-16-9-13-24-18(16)8-12-21(17)19(23)14-4-6-15(7-5-14)22-11-3-10-20-22/h3-7,9-11,13,17H,2,8,12H2,1H3. The van der Waals surface area contributed by atoms with Crippen LogP contribution in [-0.4, -0.2) is 27.1 Å². The van der Waals surface area contributed by atoms with Crippen molar-refractivity contribution in [2.75, 3.05) is 6.54 Å². The van der Waals surface area contributed by atoms with Crippen LogP contribution >= 0.6 is 11.3 Å². The Hall–Kier alpha value is -2.40. The van der Waals surface area contributed by atoms with Crippen LogP contribution in [0, 0.1) is 0 Å². The fourth-order valence-electron chi connectivity index (χ4n) is 3.42. The summed E-state index contributed by atoms with van der Waals surface area (Å²) in [6.45, 7) is 2.95. The molecule has 0 saturated heterocycles. The molecule has 1 atom stereocenters. The zero-order valence-electron chi connectivity index (χ0n) is 13.6. The van der Waals surface area contributed by atoms with E-state index in [1.54, 1.807) is 22.2 Å². The Labute approximate surface area is 145 Å². The van der Waals surface area contributed by atoms with Crippen molar-refractivity contribution < 1.29 is 4.79 Å². The highest BCUT2D eigenvalue weighted by Crippen LogP contribution is 2.36. The first-order valence-electron chi connectivity index (χ1n) is 8.25. The van der Waals surface area contributed by atoms with E-state index < -0.39 is 0 Å². The van der Waals surface area contributed by atoms with Crippen molar-refractivity contribution in [1.82, 2.24) is 14.7 Å². The molecule has 1 unspecified atom stereocenters. The van der Waals surface area contributed by atoms with Gasteiger partial charge in [-0.2, -0.15) is 5.10 Å². The number of carbonyl (C=O) groups excluding carboxylic acids is 1. The maximum Gasteiger partial charge on any atom is 0.254 e. The van der Waals surface area contributed by atoms with Gasteiger partial charge in [0.25, 0.3) is 5.91 Å². The molecule has 0 N–H and O–H groups in total. The smallest absolute Gasteiger partial charge is 0.254 e. The van der Waals surface area contributed by atoms with Crippen molar-refractivity contribution in [3.05, 3.63) is 70.2 Å². The number of amides is 1. The Morgan fingerprint density at radius 1 is 1.29 bits per heavy atom. The molecule has 0 spiro atoms. The summed E-state index contributed by atoms with van der Waals surface area (Å²) in [6, 6.07) is 11.9. The zero-order chi connectivity index (χ0) is 16.5. The summed E-state index contributed by atoms with van der Waals surface area (Å²) in [7, 11) is 0. The van der Waals surface area contributed by atoms with Gasteiger partial charge in [-0.3, -0.25) is 4.79 Å². The van der Waals surface area contributed by atoms with Crippen LogP contribution in [0.4, 0.5) is 0 Å². The highest BCUT2D eigenvalue weighted by atomic mass is 32.1. The van der Waals surface area contributed by atoms with Gasteiger partial charge in [0.2, 0.25) is 0 Å². The summed E-state index contributed by atoms with van der Waals surface area (Å²) in [6.07, 6.45) is 5.55. The third kappa shape index (κ3) is 2.55. The number of rotatable bonds is 3. The van der Waals surface area contributed by atoms with Crippen LogP contribution in [-0.2, 0) is 6.42 Å². The molecule has 3 aromatic rings. The minimum atomic E-state index is 0.116. The van der Waals surface area contributed by atoms with Gasteiger partial charge in [0.05, 0.1) is 11.7 Å². The van der Waals surface area contributed by atoms with Crippen LogP contribution < -0.4 is 0 Å². The molecular formula is C19H19N3OS. The van der Waals surface area contributed by atoms with Gasteiger partial charge >= 0.3 is 0 Å². The van der Waals surface area contributed by atoms with Gasteiger partial charge in [-0.15, -0.1) is 11.3 Å². The van der Waals surface area contributed by atoms with Gasteiger partial charge in [0.1, 0.15) is 0 Å². The molecule has 0 bridgehead atoms. The first-order chi connectivity index (χ1) is 11.8. The molecule has 4 rings (SSSR count). The number of hydrogen-bond acceptors (Lipinski definition) is 3. The van der Waals surface area contributed by atoms with Crippen molar-refractivity contribution >= 4 is 17.2 Å². The topological polar surface area (TPSA) is 38.1 Å². The number of carbonyl (C=O) groups is 1. The van der Waals surface area contributed by atoms with Crippen LogP contribution in [0.1, 0.15) is 40.2 Å². The van der Waals surface area contributed by atoms with Gasteiger partial charge in [-0.05, 0) is 60.2 Å². The van der Waals surface area contributed by atoms with Gasteiger partial charge < -0.3 is 4.90 Å². The predicted octanol–water partition coefficient (Wildman–Crippen LogP) is 4.08. The molecule has 1 aliphatic heterocycles. The van der Waals surface area contributed by atoms with Gasteiger partial charge in [-0.25, -0.2) is 4.68 Å². The number of aromatic nitrogens is 2. The monoisotopic (exact) mass is 337 g/mol. The number of thiophene rings is 1. The Kier molecular flexibility index (Phi) is 3.94. The van der Waals surface area contributed by atoms with E-state index in [-0.39, 0.29) is 11.9 Å². The third-order valence-electron chi connectivity index (χ3n) is 4.63. The Morgan fingerprint density at radius 3 is 2.83 bits per heavy atom. The first-order valence-corrected chi connectivity index (χ1v) is 9.13. The molecule has 0 saturated carbocycles. The SMILES string of the molecule is CCC1c2ccsc2CCN1C(=O)c1ccc(-n2cccn2)cc1. The van der Waals surface area contributed by atoms with Gasteiger partial charge in [-0.1, -0.05) is 6.92 Å². The summed E-state index contributed by atoms with van der Waals surface area (Å²) in [5.74, 6) is 0.116. The molecule has 0 fully saturated rings. The second kappa shape index (κ2) is 6.24. The van der Waals surface area contributed by atoms with Gasteiger partial charge in [0, 0.05) is 29.4 Å². The lowest BCUT2D eigenvalue weighted by Gasteiger charge is -2.35. The third-order valence-corrected chi connectivity index (χ3v) is 5.62. The minimum Gasteiger partial charge on any atom is -0.331 e. The lowest BCUT2D eigenvalue weighted by Crippen LogP contribution is -2.39. The lowest BCUT2D eigenvalue weighted by atomic mass is 9.97. The summed E-state index contributed by atoms with van der Waals surface area (Å²) in [5.41, 5.74) is 3.03. The molecular weight excluding hydrogens is 318 g/mol. The van der Waals surface area contributed by atoms with E-state index in [9.17, 15) is 4.79 Å². The summed E-state index contributed by atoms with van der Waals surface area (Å²) in [5, 5.41) is 6.36. The van der Waals surface area contributed by atoms with Crippen LogP contribution in [0.5, 0.6) is 0 Å². The molecule has 24 heavy (non-hydrogen) atoms. The highest BCUT2D eigenvalue weighted by Gasteiger charge is 2.30. The average Bonchev–Trinajstić information content (AvgIpc) is 3.31. The van der Waals surface area contributed by atoms with E-state index in [1.807, 2.05) is 41.4 Å². The van der Waals surface area contributed by atoms with Crippen molar-refractivity contribution in [1.29, 1.82) is 0 Å². The second-order valence-corrected chi connectivity index (χ2v) is 6.97. The first kappa shape index (κ1) is 15.1. The lowest BCUT2D eigenvalue weighted by molar-refractivity contribution is 0.0657. The van der Waals surface area contributed by atoms with Crippen molar-refractivity contribution in [2.45, 2.75) is 25.8 Å². The molecule has 0 radical (unpaired) electrons. The molecule has 2 aromatic heterocycles. The fourth-order valence-corrected chi connectivity index (χ4v) is 4.35. The zero-order valence-corrected chi connectivity index (χ0v) is 14.4. The van der Waals surface area contributed by atoms with E-state index in [4.69, 9.17) is 0 Å². The Morgan fingerprint density at radius 2 is 2.12 bits per heavy atom. The maximum atomic E-state index is 13.0. The maximum absolute atomic E-state index is 13.0. The second-order valence-electron chi connectivity index (χ2n) is 5.97. The molecule has 0 aliphatic carbocycles. The minimum absolute atomic E-state index is 0.116. The molecule has 4 nitrogen and oxygen atoms in total. The summed E-state index contributed by atoms with van der Waals surface area (Å²) < 4.78 is 1.79. The average molecular weight is 337 g/mol. The van der Waals surface area contributed by atoms with E-state index in [0.29, 0.717) is 0 Å². The summed E-state index contributed by atoms with van der Waals surface area (Å²) >= 11 is 1.81. The van der Waals surface area contributed by atoms with Crippen LogP contribution in [0.25, 0.3) is 5.69 Å². The molecule has 1 aliphatic rings. The Bertz CT molecular complexity index is 836. The fraction of sp³-hybridized carbons (Fsp3) is 0.263. The van der Waals surface area contributed by atoms with E-state index in [1.165, 1.54) is 10.4 Å². The number of fused-ring (bicyclic) bond motifs is 1. The van der Waals surface area contributed by atoms with Crippen LogP contribution in [0.2, 0.25) is 0 Å². The van der Waals surface area contributed by atoms with E-state index >= 15 is 0 Å². The molecule has 1 amide bonds. The Balaban J connectivity index is 1.59. The number of nitrogens with zero attached hydrogens (tertiary/aromatic N) is 3. The number of hydrogen-bond donors (Lipinski definition) is 0. The highest BCUT2D eigenvalue weighted by molar-refractivity contribution is 7.10. The predicted molar refractivity (Wildman–Crippen MR) is 95.7 cm³/mol. The van der Waals surface area contributed by atoms with E-state index in [2.05, 4.69) is 23.5 Å². The van der Waals surface area contributed by atoms with Crippen LogP contribution in [0.15, 0.2) is 54.2 Å². The quantitative estimate of drug-likeness (QED) is 0.722. The van der Waals surface area contributed by atoms with Crippen molar-refractivity contribution in [2.24, 2.45) is 0 Å². The van der Waals surface area contributed by atoms with Crippen molar-refractivity contribution in [3.63, 3.8) is 0 Å². The molecule has 1 aromatic carbocycles. The van der Waals surface area contributed by atoms with E-state index in [0.717, 1.165) is 30.6 Å². The van der Waals surface area contributed by atoms with Gasteiger partial charge in [0.15, 0.2) is 0 Å². The number of benzene rings is 1. The molecule has 122 valence electrons. The normalized spacial score (nSPS) is 16.9. The van der Waals surface area contributed by atoms with Crippen LogP contribution in [0.3, 0.4) is 0 Å². The summed E-state index contributed by atoms with van der Waals surface area (Å²) in [4.78, 5) is 16.5.